The normalized spacial score (nSPS) is 18.6. The van der Waals surface area contributed by atoms with Crippen LogP contribution in [0.5, 0.6) is 0 Å². The van der Waals surface area contributed by atoms with E-state index in [4.69, 9.17) is 11.6 Å². The predicted octanol–water partition coefficient (Wildman–Crippen LogP) is 3.33. The second-order valence-electron chi connectivity index (χ2n) is 7.33. The van der Waals surface area contributed by atoms with Crippen LogP contribution in [-0.4, -0.2) is 45.3 Å². The molecule has 0 aliphatic carbocycles. The molecule has 1 aromatic carbocycles. The minimum absolute atomic E-state index is 0.0487. The molecule has 2 heterocycles. The first-order valence-electron chi connectivity index (χ1n) is 9.37. The number of hydrogen-bond acceptors (Lipinski definition) is 6. The Morgan fingerprint density at radius 2 is 2.11 bits per heavy atom. The number of nitro benzene ring substituents is 1. The highest BCUT2D eigenvalue weighted by atomic mass is 35.5. The van der Waals surface area contributed by atoms with Crippen LogP contribution in [0.4, 0.5) is 11.4 Å². The summed E-state index contributed by atoms with van der Waals surface area (Å²) in [6.45, 7) is 7.25. The zero-order valence-corrected chi connectivity index (χ0v) is 16.7. The maximum Gasteiger partial charge on any atom is 0.292 e. The van der Waals surface area contributed by atoms with Crippen molar-refractivity contribution < 1.29 is 4.92 Å². The van der Waals surface area contributed by atoms with E-state index in [-0.39, 0.29) is 10.7 Å². The maximum atomic E-state index is 12.6. The fourth-order valence-electron chi connectivity index (χ4n) is 3.47. The van der Waals surface area contributed by atoms with E-state index in [1.54, 1.807) is 0 Å². The van der Waals surface area contributed by atoms with Crippen LogP contribution in [0.25, 0.3) is 5.69 Å². The number of anilines is 1. The van der Waals surface area contributed by atoms with Crippen LogP contribution in [0.2, 0.25) is 5.02 Å². The first kappa shape index (κ1) is 20.3. The number of hydrogen-bond donors (Lipinski definition) is 1. The Morgan fingerprint density at radius 3 is 2.75 bits per heavy atom. The van der Waals surface area contributed by atoms with Gasteiger partial charge in [0, 0.05) is 31.3 Å². The Labute approximate surface area is 168 Å². The van der Waals surface area contributed by atoms with E-state index < -0.39 is 10.5 Å². The number of aromatic nitrogens is 2. The summed E-state index contributed by atoms with van der Waals surface area (Å²) in [7, 11) is 0. The number of halogens is 1. The SMILES string of the molecule is CC1CCCN(C(C)CNc2cnn(-c3ccc([N+](=O)[O-])cc3)c(=O)c2Cl)C1. The zero-order valence-electron chi connectivity index (χ0n) is 16.0. The van der Waals surface area contributed by atoms with Gasteiger partial charge in [0.1, 0.15) is 5.02 Å². The monoisotopic (exact) mass is 405 g/mol. The summed E-state index contributed by atoms with van der Waals surface area (Å²) in [6, 6.07) is 5.90. The lowest BCUT2D eigenvalue weighted by Crippen LogP contribution is -2.43. The van der Waals surface area contributed by atoms with Crippen molar-refractivity contribution in [2.45, 2.75) is 32.7 Å². The molecule has 1 saturated heterocycles. The smallest absolute Gasteiger partial charge is 0.292 e. The van der Waals surface area contributed by atoms with Crippen molar-refractivity contribution in [1.29, 1.82) is 0 Å². The van der Waals surface area contributed by atoms with Crippen molar-refractivity contribution in [3.8, 4) is 5.69 Å². The zero-order chi connectivity index (χ0) is 20.3. The van der Waals surface area contributed by atoms with Crippen molar-refractivity contribution >= 4 is 23.0 Å². The van der Waals surface area contributed by atoms with E-state index >= 15 is 0 Å². The van der Waals surface area contributed by atoms with Gasteiger partial charge in [0.25, 0.3) is 11.2 Å². The van der Waals surface area contributed by atoms with E-state index in [1.807, 2.05) is 0 Å². The molecule has 0 radical (unpaired) electrons. The molecule has 0 saturated carbocycles. The minimum atomic E-state index is -0.496. The molecule has 2 aromatic rings. The third-order valence-electron chi connectivity index (χ3n) is 5.12. The second kappa shape index (κ2) is 8.70. The molecule has 0 spiro atoms. The van der Waals surface area contributed by atoms with Gasteiger partial charge >= 0.3 is 0 Å². The lowest BCUT2D eigenvalue weighted by atomic mass is 9.99. The molecule has 1 aliphatic heterocycles. The second-order valence-corrected chi connectivity index (χ2v) is 7.71. The van der Waals surface area contributed by atoms with Gasteiger partial charge in [0.05, 0.1) is 22.5 Å². The van der Waals surface area contributed by atoms with E-state index in [2.05, 4.69) is 29.2 Å². The van der Waals surface area contributed by atoms with Crippen LogP contribution in [0.1, 0.15) is 26.7 Å². The fourth-order valence-corrected chi connectivity index (χ4v) is 3.66. The Balaban J connectivity index is 1.71. The number of benzene rings is 1. The first-order valence-corrected chi connectivity index (χ1v) is 9.75. The fraction of sp³-hybridized carbons (Fsp3) is 0.474. The van der Waals surface area contributed by atoms with Gasteiger partial charge in [-0.05, 0) is 44.4 Å². The van der Waals surface area contributed by atoms with Gasteiger partial charge in [0.15, 0.2) is 0 Å². The molecule has 1 aliphatic rings. The van der Waals surface area contributed by atoms with E-state index in [9.17, 15) is 14.9 Å². The standard InChI is InChI=1S/C19H24ClN5O3/c1-13-4-3-9-23(12-13)14(2)10-21-17-11-22-24(19(26)18(17)20)15-5-7-16(8-6-15)25(27)28/h5-8,11,13-14,21H,3-4,9-10,12H2,1-2H3. The summed E-state index contributed by atoms with van der Waals surface area (Å²) >= 11 is 6.26. The minimum Gasteiger partial charge on any atom is -0.381 e. The average Bonchev–Trinajstić information content (AvgIpc) is 2.69. The molecule has 28 heavy (non-hydrogen) atoms. The lowest BCUT2D eigenvalue weighted by molar-refractivity contribution is -0.384. The van der Waals surface area contributed by atoms with E-state index in [1.165, 1.54) is 43.3 Å². The van der Waals surface area contributed by atoms with Gasteiger partial charge in [0.2, 0.25) is 0 Å². The highest BCUT2D eigenvalue weighted by molar-refractivity contribution is 6.32. The number of nitrogens with one attached hydrogen (secondary N) is 1. The molecule has 2 atom stereocenters. The van der Waals surface area contributed by atoms with Crippen molar-refractivity contribution in [2.75, 3.05) is 25.0 Å². The Kier molecular flexibility index (Phi) is 6.31. The summed E-state index contributed by atoms with van der Waals surface area (Å²) in [4.78, 5) is 25.3. The Bertz CT molecular complexity index is 899. The lowest BCUT2D eigenvalue weighted by Gasteiger charge is -2.35. The van der Waals surface area contributed by atoms with Crippen molar-refractivity contribution in [1.82, 2.24) is 14.7 Å². The topological polar surface area (TPSA) is 93.3 Å². The Hall–Kier alpha value is -2.45. The molecule has 2 unspecified atom stereocenters. The largest absolute Gasteiger partial charge is 0.381 e. The predicted molar refractivity (Wildman–Crippen MR) is 109 cm³/mol. The number of nitrogens with zero attached hydrogens (tertiary/aromatic N) is 4. The molecule has 9 heteroatoms. The molecule has 1 fully saturated rings. The third-order valence-corrected chi connectivity index (χ3v) is 5.49. The van der Waals surface area contributed by atoms with Crippen LogP contribution in [-0.2, 0) is 0 Å². The molecule has 150 valence electrons. The van der Waals surface area contributed by atoms with Gasteiger partial charge in [-0.3, -0.25) is 19.8 Å². The van der Waals surface area contributed by atoms with Gasteiger partial charge < -0.3 is 5.32 Å². The molecular weight excluding hydrogens is 382 g/mol. The van der Waals surface area contributed by atoms with Gasteiger partial charge in [-0.1, -0.05) is 18.5 Å². The number of likely N-dealkylation sites (tertiary alicyclic amines) is 1. The summed E-state index contributed by atoms with van der Waals surface area (Å²) in [5.74, 6) is 0.701. The summed E-state index contributed by atoms with van der Waals surface area (Å²) in [6.07, 6.45) is 3.99. The summed E-state index contributed by atoms with van der Waals surface area (Å²) < 4.78 is 1.13. The number of non-ortho nitro benzene ring substituents is 1. The molecular formula is C19H24ClN5O3. The average molecular weight is 406 g/mol. The number of piperidine rings is 1. The summed E-state index contributed by atoms with van der Waals surface area (Å²) in [5.41, 5.74) is 0.378. The first-order chi connectivity index (χ1) is 13.4. The molecule has 8 nitrogen and oxygen atoms in total. The third kappa shape index (κ3) is 4.51. The van der Waals surface area contributed by atoms with Gasteiger partial charge in [-0.25, -0.2) is 0 Å². The van der Waals surface area contributed by atoms with Crippen molar-refractivity contribution in [2.24, 2.45) is 5.92 Å². The van der Waals surface area contributed by atoms with Crippen LogP contribution in [0.15, 0.2) is 35.3 Å². The van der Waals surface area contributed by atoms with Crippen molar-refractivity contribution in [3.05, 3.63) is 56.0 Å². The van der Waals surface area contributed by atoms with Crippen LogP contribution >= 0.6 is 11.6 Å². The molecule has 0 bridgehead atoms. The van der Waals surface area contributed by atoms with Crippen LogP contribution in [0.3, 0.4) is 0 Å². The highest BCUT2D eigenvalue weighted by Gasteiger charge is 2.21. The number of nitro groups is 1. The molecule has 0 amide bonds. The van der Waals surface area contributed by atoms with E-state index in [0.29, 0.717) is 29.9 Å². The summed E-state index contributed by atoms with van der Waals surface area (Å²) in [5, 5.41) is 18.2. The molecule has 1 aromatic heterocycles. The van der Waals surface area contributed by atoms with Crippen LogP contribution < -0.4 is 10.9 Å². The van der Waals surface area contributed by atoms with Crippen molar-refractivity contribution in [3.63, 3.8) is 0 Å². The highest BCUT2D eigenvalue weighted by Crippen LogP contribution is 2.20. The van der Waals surface area contributed by atoms with E-state index in [0.717, 1.165) is 17.8 Å². The van der Waals surface area contributed by atoms with Gasteiger partial charge in [-0.15, -0.1) is 0 Å². The quantitative estimate of drug-likeness (QED) is 0.585. The van der Waals surface area contributed by atoms with Gasteiger partial charge in [-0.2, -0.15) is 9.78 Å². The Morgan fingerprint density at radius 1 is 1.39 bits per heavy atom. The molecule has 1 N–H and O–H groups in total. The number of rotatable bonds is 6. The maximum absolute atomic E-state index is 12.6. The van der Waals surface area contributed by atoms with Crippen LogP contribution in [0, 0.1) is 16.0 Å². The molecule has 3 rings (SSSR count).